The number of rotatable bonds is 6. The van der Waals surface area contributed by atoms with Gasteiger partial charge in [0.2, 0.25) is 0 Å². The summed E-state index contributed by atoms with van der Waals surface area (Å²) in [5.41, 5.74) is 13.8. The zero-order chi connectivity index (χ0) is 30.3. The van der Waals surface area contributed by atoms with Crippen molar-refractivity contribution in [3.05, 3.63) is 170 Å². The molecule has 0 unspecified atom stereocenters. The molecule has 214 valence electrons. The normalized spacial score (nSPS) is 11.7. The highest BCUT2D eigenvalue weighted by molar-refractivity contribution is 6.10. The van der Waals surface area contributed by atoms with E-state index < -0.39 is 0 Å². The molecule has 0 spiro atoms. The number of aromatic nitrogens is 3. The second-order valence-electron chi connectivity index (χ2n) is 11.3. The average molecular weight is 578 g/mol. The van der Waals surface area contributed by atoms with Crippen LogP contribution in [-0.4, -0.2) is 14.1 Å². The fraction of sp³-hybridized carbons (Fsp3) is 0.0238. The van der Waals surface area contributed by atoms with Crippen molar-refractivity contribution in [1.82, 2.24) is 14.1 Å². The van der Waals surface area contributed by atoms with Crippen LogP contribution in [0.2, 0.25) is 0 Å². The minimum absolute atomic E-state index is 0.996. The quantitative estimate of drug-likeness (QED) is 0.180. The smallest absolute Gasteiger partial charge is 0.0963 e. The van der Waals surface area contributed by atoms with Crippen LogP contribution in [0.5, 0.6) is 0 Å². The lowest BCUT2D eigenvalue weighted by Crippen LogP contribution is -1.98. The van der Waals surface area contributed by atoms with E-state index in [0.717, 1.165) is 44.6 Å². The van der Waals surface area contributed by atoms with Crippen LogP contribution in [0.4, 0.5) is 0 Å². The topological polar surface area (TPSA) is 22.8 Å². The second kappa shape index (κ2) is 11.0. The van der Waals surface area contributed by atoms with E-state index >= 15 is 0 Å². The first kappa shape index (κ1) is 26.7. The van der Waals surface area contributed by atoms with E-state index in [4.69, 9.17) is 4.98 Å². The maximum absolute atomic E-state index is 4.91. The Balaban J connectivity index is 1.38. The van der Waals surface area contributed by atoms with Crippen molar-refractivity contribution >= 4 is 38.9 Å². The zero-order valence-corrected chi connectivity index (χ0v) is 25.1. The van der Waals surface area contributed by atoms with E-state index in [-0.39, 0.29) is 0 Å². The van der Waals surface area contributed by atoms with Crippen molar-refractivity contribution in [1.29, 1.82) is 0 Å². The molecular formula is C42H31N3. The number of fused-ring (bicyclic) bond motifs is 4. The Labute approximate surface area is 262 Å². The van der Waals surface area contributed by atoms with Crippen molar-refractivity contribution in [3.8, 4) is 33.6 Å². The van der Waals surface area contributed by atoms with E-state index in [1.54, 1.807) is 0 Å². The summed E-state index contributed by atoms with van der Waals surface area (Å²) in [6, 6.07) is 47.5. The molecule has 0 saturated heterocycles. The van der Waals surface area contributed by atoms with Gasteiger partial charge in [0, 0.05) is 39.6 Å². The fourth-order valence-electron chi connectivity index (χ4n) is 6.69. The maximum atomic E-state index is 4.91. The Morgan fingerprint density at radius 2 is 1.36 bits per heavy atom. The molecule has 0 amide bonds. The largest absolute Gasteiger partial charge is 0.309 e. The molecule has 0 aliphatic heterocycles. The van der Waals surface area contributed by atoms with Gasteiger partial charge >= 0.3 is 0 Å². The zero-order valence-electron chi connectivity index (χ0n) is 25.1. The van der Waals surface area contributed by atoms with E-state index in [9.17, 15) is 0 Å². The first-order valence-electron chi connectivity index (χ1n) is 15.3. The third-order valence-electron chi connectivity index (χ3n) is 8.74. The van der Waals surface area contributed by atoms with Crippen LogP contribution >= 0.6 is 0 Å². The highest BCUT2D eigenvalue weighted by atomic mass is 15.0. The highest BCUT2D eigenvalue weighted by Crippen LogP contribution is 2.40. The van der Waals surface area contributed by atoms with Crippen molar-refractivity contribution in [2.75, 3.05) is 0 Å². The first-order valence-corrected chi connectivity index (χ1v) is 15.3. The number of pyridine rings is 1. The Kier molecular flexibility index (Phi) is 6.50. The van der Waals surface area contributed by atoms with Crippen LogP contribution in [-0.2, 0) is 0 Å². The molecule has 0 aliphatic rings. The van der Waals surface area contributed by atoms with Gasteiger partial charge in [-0.1, -0.05) is 104 Å². The van der Waals surface area contributed by atoms with Crippen molar-refractivity contribution in [2.45, 2.75) is 6.92 Å². The highest BCUT2D eigenvalue weighted by Gasteiger charge is 2.19. The van der Waals surface area contributed by atoms with E-state index in [1.807, 2.05) is 24.4 Å². The number of hydrogen-bond donors (Lipinski definition) is 0. The Hall–Kier alpha value is -5.93. The summed E-state index contributed by atoms with van der Waals surface area (Å²) in [7, 11) is 0. The lowest BCUT2D eigenvalue weighted by Gasteiger charge is -2.13. The lowest BCUT2D eigenvalue weighted by atomic mass is 10.00. The summed E-state index contributed by atoms with van der Waals surface area (Å²) < 4.78 is 4.71. The summed E-state index contributed by atoms with van der Waals surface area (Å²) in [4.78, 5) is 4.91. The Morgan fingerprint density at radius 3 is 2.18 bits per heavy atom. The second-order valence-corrected chi connectivity index (χ2v) is 11.3. The Bertz CT molecular complexity index is 2390. The average Bonchev–Trinajstić information content (AvgIpc) is 3.59. The Morgan fingerprint density at radius 1 is 0.600 bits per heavy atom. The molecule has 0 fully saturated rings. The molecule has 3 nitrogen and oxygen atoms in total. The molecule has 8 aromatic rings. The van der Waals surface area contributed by atoms with Crippen molar-refractivity contribution < 1.29 is 0 Å². The van der Waals surface area contributed by atoms with Gasteiger partial charge in [-0.25, -0.2) is 0 Å². The van der Waals surface area contributed by atoms with Crippen LogP contribution in [0, 0.1) is 6.92 Å². The van der Waals surface area contributed by atoms with Gasteiger partial charge in [0.25, 0.3) is 0 Å². The third-order valence-corrected chi connectivity index (χ3v) is 8.74. The number of aryl methyl sites for hydroxylation is 1. The van der Waals surface area contributed by atoms with Gasteiger partial charge in [0.1, 0.15) is 0 Å². The monoisotopic (exact) mass is 577 g/mol. The van der Waals surface area contributed by atoms with Gasteiger partial charge < -0.3 is 9.13 Å². The van der Waals surface area contributed by atoms with Gasteiger partial charge in [0.05, 0.1) is 22.1 Å². The number of para-hydroxylation sites is 2. The van der Waals surface area contributed by atoms with Gasteiger partial charge in [-0.05, 0) is 83.8 Å². The lowest BCUT2D eigenvalue weighted by molar-refractivity contribution is 1.10. The fourth-order valence-corrected chi connectivity index (χ4v) is 6.69. The summed E-state index contributed by atoms with van der Waals surface area (Å²) in [5, 5.41) is 2.37. The molecule has 0 bridgehead atoms. The predicted octanol–water partition coefficient (Wildman–Crippen LogP) is 11.0. The first-order chi connectivity index (χ1) is 22.2. The van der Waals surface area contributed by atoms with Crippen molar-refractivity contribution in [2.24, 2.45) is 0 Å². The van der Waals surface area contributed by atoms with Gasteiger partial charge in [-0.2, -0.15) is 0 Å². The van der Waals surface area contributed by atoms with E-state index in [1.165, 1.54) is 33.2 Å². The number of nitrogens with zero attached hydrogens (tertiary/aromatic N) is 3. The summed E-state index contributed by atoms with van der Waals surface area (Å²) in [5.74, 6) is 0. The molecule has 3 aromatic heterocycles. The van der Waals surface area contributed by atoms with Crippen LogP contribution < -0.4 is 0 Å². The molecule has 3 heteroatoms. The predicted molar refractivity (Wildman–Crippen MR) is 190 cm³/mol. The van der Waals surface area contributed by atoms with Crippen LogP contribution in [0.15, 0.2) is 158 Å². The van der Waals surface area contributed by atoms with Gasteiger partial charge in [-0.3, -0.25) is 4.98 Å². The van der Waals surface area contributed by atoms with Crippen LogP contribution in [0.1, 0.15) is 11.3 Å². The van der Waals surface area contributed by atoms with E-state index in [0.29, 0.717) is 0 Å². The molecule has 0 saturated carbocycles. The molecule has 45 heavy (non-hydrogen) atoms. The SMILES string of the molecule is C=C/C=C\c1c(C)c2cccc(-c3ccc4c(c3)c3ncccc3n4-c3cccc(-c4ccccc4)c3)c2n1-c1ccccc1. The molecular weight excluding hydrogens is 546 g/mol. The molecule has 0 aliphatic carbocycles. The minimum Gasteiger partial charge on any atom is -0.309 e. The summed E-state index contributed by atoms with van der Waals surface area (Å²) >= 11 is 0. The molecule has 5 aromatic carbocycles. The molecule has 3 heterocycles. The molecule has 0 radical (unpaired) electrons. The number of allylic oxidation sites excluding steroid dienone is 2. The number of benzene rings is 5. The molecule has 8 rings (SSSR count). The standard InChI is InChI=1S/C42H31N3/c1-3-4-22-38-29(2)35-20-12-21-36(42(35)45(38)33-17-9-6-10-18-33)32-24-25-39-37(28-32)41-40(23-13-26-43-41)44(39)34-19-11-16-31(27-34)30-14-7-5-8-15-30/h3-28H,1H2,2H3/b22-4-. The minimum atomic E-state index is 0.996. The van der Waals surface area contributed by atoms with E-state index in [2.05, 4.69) is 156 Å². The van der Waals surface area contributed by atoms with Crippen molar-refractivity contribution in [3.63, 3.8) is 0 Å². The summed E-state index contributed by atoms with van der Waals surface area (Å²) in [6.07, 6.45) is 7.89. The van der Waals surface area contributed by atoms with Crippen LogP contribution in [0.3, 0.4) is 0 Å². The third kappa shape index (κ3) is 4.40. The number of hydrogen-bond acceptors (Lipinski definition) is 1. The van der Waals surface area contributed by atoms with Gasteiger partial charge in [0.15, 0.2) is 0 Å². The summed E-state index contributed by atoms with van der Waals surface area (Å²) in [6.45, 7) is 6.13. The molecule has 0 N–H and O–H groups in total. The van der Waals surface area contributed by atoms with Gasteiger partial charge in [-0.15, -0.1) is 0 Å². The van der Waals surface area contributed by atoms with Crippen LogP contribution in [0.25, 0.3) is 72.5 Å². The molecule has 0 atom stereocenters. The maximum Gasteiger partial charge on any atom is 0.0963 e.